The molecule has 2 amide bonds. The van der Waals surface area contributed by atoms with E-state index in [1.165, 1.54) is 0 Å². The predicted octanol–water partition coefficient (Wildman–Crippen LogP) is 2.37. The molecule has 25 heavy (non-hydrogen) atoms. The molecule has 1 aromatic heterocycles. The van der Waals surface area contributed by atoms with Crippen molar-refractivity contribution in [3.8, 4) is 11.4 Å². The Labute approximate surface area is 146 Å². The van der Waals surface area contributed by atoms with Gasteiger partial charge in [0.15, 0.2) is 5.82 Å². The van der Waals surface area contributed by atoms with Gasteiger partial charge in [0.25, 0.3) is 0 Å². The number of aryl methyl sites for hydroxylation is 1. The van der Waals surface area contributed by atoms with Gasteiger partial charge in [0, 0.05) is 25.1 Å². The fourth-order valence-electron chi connectivity index (χ4n) is 3.07. The zero-order valence-corrected chi connectivity index (χ0v) is 14.6. The van der Waals surface area contributed by atoms with Crippen LogP contribution in [0.2, 0.25) is 0 Å². The highest BCUT2D eigenvalue weighted by atomic mass is 16.2. The first-order valence-electron chi connectivity index (χ1n) is 8.65. The van der Waals surface area contributed by atoms with Gasteiger partial charge in [-0.25, -0.2) is 0 Å². The highest BCUT2D eigenvalue weighted by Gasteiger charge is 2.30. The Morgan fingerprint density at radius 1 is 1.44 bits per heavy atom. The molecule has 0 bridgehead atoms. The second-order valence-electron chi connectivity index (χ2n) is 6.44. The summed E-state index contributed by atoms with van der Waals surface area (Å²) >= 11 is 0. The van der Waals surface area contributed by atoms with Crippen molar-refractivity contribution >= 4 is 17.8 Å². The Morgan fingerprint density at radius 2 is 2.28 bits per heavy atom. The number of rotatable bonds is 5. The number of H-pyrrole nitrogens is 1. The highest BCUT2D eigenvalue weighted by molar-refractivity contribution is 5.92. The Morgan fingerprint density at radius 3 is 3.04 bits per heavy atom. The summed E-state index contributed by atoms with van der Waals surface area (Å²) in [5.74, 6) is 0.657. The molecule has 2 aromatic rings. The third-order valence-electron chi connectivity index (χ3n) is 4.38. The molecule has 1 aromatic carbocycles. The van der Waals surface area contributed by atoms with E-state index < -0.39 is 0 Å². The molecule has 1 unspecified atom stereocenters. The van der Waals surface area contributed by atoms with Crippen molar-refractivity contribution < 1.29 is 9.59 Å². The molecule has 3 rings (SSSR count). The Kier molecular flexibility index (Phi) is 5.11. The molecular formula is C18H23N5O2. The molecule has 132 valence electrons. The number of nitrogens with one attached hydrogen (secondary N) is 2. The maximum atomic E-state index is 12.5. The number of anilines is 1. The standard InChI is InChI=1S/C18H23N5O2/c1-3-9-23-11-14(7-8-15(23)24)17(25)20-18-19-16(21-22-18)13-6-4-5-12(2)10-13/h4-6,10,14H,3,7-9,11H2,1-2H3,(H2,19,20,21,22,25). The minimum atomic E-state index is -0.217. The lowest BCUT2D eigenvalue weighted by atomic mass is 9.96. The zero-order valence-electron chi connectivity index (χ0n) is 14.6. The molecule has 1 fully saturated rings. The number of aromatic nitrogens is 3. The molecule has 1 saturated heterocycles. The third kappa shape index (κ3) is 4.04. The lowest BCUT2D eigenvalue weighted by Gasteiger charge is -2.31. The first-order chi connectivity index (χ1) is 12.1. The first kappa shape index (κ1) is 17.1. The molecular weight excluding hydrogens is 318 g/mol. The van der Waals surface area contributed by atoms with E-state index in [-0.39, 0.29) is 23.7 Å². The van der Waals surface area contributed by atoms with Gasteiger partial charge < -0.3 is 4.90 Å². The summed E-state index contributed by atoms with van der Waals surface area (Å²) in [7, 11) is 0. The van der Waals surface area contributed by atoms with E-state index in [0.717, 1.165) is 17.5 Å². The number of hydrogen-bond donors (Lipinski definition) is 2. The minimum Gasteiger partial charge on any atom is -0.342 e. The number of amides is 2. The van der Waals surface area contributed by atoms with Crippen LogP contribution in [-0.4, -0.2) is 45.0 Å². The van der Waals surface area contributed by atoms with E-state index in [1.807, 2.05) is 38.1 Å². The molecule has 1 aliphatic rings. The number of aromatic amines is 1. The summed E-state index contributed by atoms with van der Waals surface area (Å²) < 4.78 is 0. The van der Waals surface area contributed by atoms with Gasteiger partial charge in [0.05, 0.1) is 5.92 Å². The Hall–Kier alpha value is -2.70. The highest BCUT2D eigenvalue weighted by Crippen LogP contribution is 2.20. The summed E-state index contributed by atoms with van der Waals surface area (Å²) in [6.45, 7) is 5.20. The monoisotopic (exact) mass is 341 g/mol. The van der Waals surface area contributed by atoms with Crippen molar-refractivity contribution in [2.75, 3.05) is 18.4 Å². The molecule has 1 aliphatic heterocycles. The quantitative estimate of drug-likeness (QED) is 0.873. The van der Waals surface area contributed by atoms with Gasteiger partial charge in [-0.05, 0) is 25.8 Å². The molecule has 0 radical (unpaired) electrons. The summed E-state index contributed by atoms with van der Waals surface area (Å²) in [5.41, 5.74) is 2.05. The number of benzene rings is 1. The van der Waals surface area contributed by atoms with E-state index in [0.29, 0.717) is 31.8 Å². The molecule has 2 heterocycles. The fraction of sp³-hybridized carbons (Fsp3) is 0.444. The number of hydrogen-bond acceptors (Lipinski definition) is 4. The van der Waals surface area contributed by atoms with Crippen LogP contribution in [0.1, 0.15) is 31.7 Å². The van der Waals surface area contributed by atoms with Crippen LogP contribution in [0, 0.1) is 12.8 Å². The minimum absolute atomic E-state index is 0.130. The first-order valence-corrected chi connectivity index (χ1v) is 8.65. The lowest BCUT2D eigenvalue weighted by molar-refractivity contribution is -0.137. The topological polar surface area (TPSA) is 91.0 Å². The van der Waals surface area contributed by atoms with Crippen molar-refractivity contribution in [3.63, 3.8) is 0 Å². The van der Waals surface area contributed by atoms with Gasteiger partial charge in [-0.1, -0.05) is 30.7 Å². The van der Waals surface area contributed by atoms with E-state index in [9.17, 15) is 9.59 Å². The fourth-order valence-corrected chi connectivity index (χ4v) is 3.07. The number of piperidine rings is 1. The van der Waals surface area contributed by atoms with Crippen molar-refractivity contribution in [2.45, 2.75) is 33.1 Å². The molecule has 7 heteroatoms. The maximum Gasteiger partial charge on any atom is 0.249 e. The van der Waals surface area contributed by atoms with E-state index in [4.69, 9.17) is 0 Å². The Balaban J connectivity index is 1.64. The largest absolute Gasteiger partial charge is 0.342 e. The van der Waals surface area contributed by atoms with Crippen LogP contribution >= 0.6 is 0 Å². The lowest BCUT2D eigenvalue weighted by Crippen LogP contribution is -2.44. The van der Waals surface area contributed by atoms with Crippen LogP contribution in [0.4, 0.5) is 5.95 Å². The predicted molar refractivity (Wildman–Crippen MR) is 94.8 cm³/mol. The molecule has 0 aliphatic carbocycles. The van der Waals surface area contributed by atoms with Crippen LogP contribution in [0.25, 0.3) is 11.4 Å². The molecule has 0 saturated carbocycles. The molecule has 0 spiro atoms. The van der Waals surface area contributed by atoms with Crippen LogP contribution in [0.5, 0.6) is 0 Å². The summed E-state index contributed by atoms with van der Waals surface area (Å²) in [6.07, 6.45) is 1.88. The van der Waals surface area contributed by atoms with Crippen LogP contribution in [0.3, 0.4) is 0 Å². The normalized spacial score (nSPS) is 17.6. The van der Waals surface area contributed by atoms with Crippen molar-refractivity contribution in [3.05, 3.63) is 29.8 Å². The smallest absolute Gasteiger partial charge is 0.249 e. The number of nitrogens with zero attached hydrogens (tertiary/aromatic N) is 3. The van der Waals surface area contributed by atoms with Crippen molar-refractivity contribution in [2.24, 2.45) is 5.92 Å². The van der Waals surface area contributed by atoms with Crippen LogP contribution in [-0.2, 0) is 9.59 Å². The van der Waals surface area contributed by atoms with Gasteiger partial charge in [-0.3, -0.25) is 20.0 Å². The second kappa shape index (κ2) is 7.46. The van der Waals surface area contributed by atoms with Crippen LogP contribution < -0.4 is 5.32 Å². The van der Waals surface area contributed by atoms with Crippen LogP contribution in [0.15, 0.2) is 24.3 Å². The average Bonchev–Trinajstić information content (AvgIpc) is 3.05. The second-order valence-corrected chi connectivity index (χ2v) is 6.44. The van der Waals surface area contributed by atoms with Gasteiger partial charge >= 0.3 is 0 Å². The van der Waals surface area contributed by atoms with Gasteiger partial charge in [0.2, 0.25) is 17.8 Å². The van der Waals surface area contributed by atoms with Gasteiger partial charge in [-0.15, -0.1) is 5.10 Å². The average molecular weight is 341 g/mol. The van der Waals surface area contributed by atoms with Crippen molar-refractivity contribution in [1.82, 2.24) is 20.1 Å². The van der Waals surface area contributed by atoms with Gasteiger partial charge in [-0.2, -0.15) is 4.98 Å². The number of carbonyl (C=O) groups excluding carboxylic acids is 2. The molecule has 7 nitrogen and oxygen atoms in total. The zero-order chi connectivity index (χ0) is 17.8. The van der Waals surface area contributed by atoms with E-state index in [1.54, 1.807) is 4.90 Å². The van der Waals surface area contributed by atoms with Crippen molar-refractivity contribution in [1.29, 1.82) is 0 Å². The summed E-state index contributed by atoms with van der Waals surface area (Å²) in [6, 6.07) is 7.90. The van der Waals surface area contributed by atoms with E-state index in [2.05, 4.69) is 20.5 Å². The third-order valence-corrected chi connectivity index (χ3v) is 4.38. The maximum absolute atomic E-state index is 12.5. The summed E-state index contributed by atoms with van der Waals surface area (Å²) in [4.78, 5) is 30.5. The number of likely N-dealkylation sites (tertiary alicyclic amines) is 1. The van der Waals surface area contributed by atoms with E-state index >= 15 is 0 Å². The molecule has 2 N–H and O–H groups in total. The number of carbonyl (C=O) groups is 2. The summed E-state index contributed by atoms with van der Waals surface area (Å²) in [5, 5.41) is 9.70. The molecule has 1 atom stereocenters. The SMILES string of the molecule is CCCN1CC(C(=O)Nc2n[nH]c(-c3cccc(C)c3)n2)CCC1=O. The Bertz CT molecular complexity index is 770. The van der Waals surface area contributed by atoms with Gasteiger partial charge in [0.1, 0.15) is 0 Å².